The molecule has 1 heterocycles. The van der Waals surface area contributed by atoms with E-state index in [0.29, 0.717) is 5.92 Å². The quantitative estimate of drug-likeness (QED) is 0.829. The topological polar surface area (TPSA) is 44.5 Å². The van der Waals surface area contributed by atoms with Gasteiger partial charge in [0.2, 0.25) is 0 Å². The highest BCUT2D eigenvalue weighted by molar-refractivity contribution is 5.44. The van der Waals surface area contributed by atoms with Crippen molar-refractivity contribution in [3.63, 3.8) is 0 Å². The third-order valence-electron chi connectivity index (χ3n) is 4.63. The summed E-state index contributed by atoms with van der Waals surface area (Å²) >= 11 is 0. The van der Waals surface area contributed by atoms with Gasteiger partial charge in [-0.05, 0) is 31.2 Å². The van der Waals surface area contributed by atoms with Crippen LogP contribution in [0.1, 0.15) is 44.2 Å². The molecule has 2 aliphatic rings. The van der Waals surface area contributed by atoms with E-state index in [0.717, 1.165) is 29.9 Å². The SMILES string of the molecule is COc1ccc2c(c1)OC1(CCCC1C)C[C@@H]2N. The van der Waals surface area contributed by atoms with Gasteiger partial charge in [-0.25, -0.2) is 0 Å². The van der Waals surface area contributed by atoms with Crippen molar-refractivity contribution >= 4 is 0 Å². The Morgan fingerprint density at radius 3 is 2.94 bits per heavy atom. The van der Waals surface area contributed by atoms with E-state index >= 15 is 0 Å². The van der Waals surface area contributed by atoms with Crippen LogP contribution >= 0.6 is 0 Å². The van der Waals surface area contributed by atoms with Crippen molar-refractivity contribution in [2.45, 2.75) is 44.2 Å². The molecule has 98 valence electrons. The number of nitrogens with two attached hydrogens (primary N) is 1. The van der Waals surface area contributed by atoms with E-state index < -0.39 is 0 Å². The largest absolute Gasteiger partial charge is 0.497 e. The molecule has 0 saturated heterocycles. The van der Waals surface area contributed by atoms with Gasteiger partial charge in [-0.3, -0.25) is 0 Å². The average molecular weight is 247 g/mol. The Bertz CT molecular complexity index is 460. The molecule has 3 nitrogen and oxygen atoms in total. The van der Waals surface area contributed by atoms with E-state index in [4.69, 9.17) is 15.2 Å². The third-order valence-corrected chi connectivity index (χ3v) is 4.63. The van der Waals surface area contributed by atoms with Crippen LogP contribution < -0.4 is 15.2 Å². The number of ether oxygens (including phenoxy) is 2. The van der Waals surface area contributed by atoms with E-state index in [1.165, 1.54) is 12.8 Å². The van der Waals surface area contributed by atoms with Crippen LogP contribution in [0.2, 0.25) is 0 Å². The van der Waals surface area contributed by atoms with Crippen LogP contribution in [0, 0.1) is 5.92 Å². The van der Waals surface area contributed by atoms with Crippen molar-refractivity contribution in [3.05, 3.63) is 23.8 Å². The Morgan fingerprint density at radius 1 is 1.44 bits per heavy atom. The van der Waals surface area contributed by atoms with E-state index in [1.54, 1.807) is 7.11 Å². The number of methoxy groups -OCH3 is 1. The summed E-state index contributed by atoms with van der Waals surface area (Å²) in [5.74, 6) is 2.34. The number of rotatable bonds is 1. The van der Waals surface area contributed by atoms with Gasteiger partial charge in [0, 0.05) is 24.1 Å². The Morgan fingerprint density at radius 2 is 2.28 bits per heavy atom. The monoisotopic (exact) mass is 247 g/mol. The van der Waals surface area contributed by atoms with Crippen molar-refractivity contribution in [2.24, 2.45) is 11.7 Å². The zero-order valence-corrected chi connectivity index (χ0v) is 11.1. The highest BCUT2D eigenvalue weighted by Gasteiger charge is 2.46. The minimum atomic E-state index is -0.0429. The number of benzene rings is 1. The molecule has 18 heavy (non-hydrogen) atoms. The number of hydrogen-bond donors (Lipinski definition) is 1. The van der Waals surface area contributed by atoms with Gasteiger partial charge < -0.3 is 15.2 Å². The van der Waals surface area contributed by atoms with Crippen LogP contribution in [-0.2, 0) is 0 Å². The van der Waals surface area contributed by atoms with Gasteiger partial charge in [0.1, 0.15) is 17.1 Å². The van der Waals surface area contributed by atoms with E-state index in [-0.39, 0.29) is 11.6 Å². The predicted molar refractivity (Wildman–Crippen MR) is 70.9 cm³/mol. The standard InChI is InChI=1S/C15H21NO2/c1-10-4-3-7-15(10)9-13(16)12-6-5-11(17-2)8-14(12)18-15/h5-6,8,10,13H,3-4,7,9,16H2,1-2H3/t10?,13-,15?/m0/s1. The fourth-order valence-corrected chi connectivity index (χ4v) is 3.45. The summed E-state index contributed by atoms with van der Waals surface area (Å²) in [6.07, 6.45) is 4.55. The smallest absolute Gasteiger partial charge is 0.128 e. The molecule has 2 N–H and O–H groups in total. The molecule has 1 aromatic carbocycles. The van der Waals surface area contributed by atoms with E-state index in [1.807, 2.05) is 18.2 Å². The number of fused-ring (bicyclic) bond motifs is 1. The molecule has 1 aliphatic carbocycles. The second kappa shape index (κ2) is 4.16. The van der Waals surface area contributed by atoms with Crippen LogP contribution in [0.3, 0.4) is 0 Å². The third kappa shape index (κ3) is 1.69. The van der Waals surface area contributed by atoms with Crippen molar-refractivity contribution < 1.29 is 9.47 Å². The Balaban J connectivity index is 1.99. The van der Waals surface area contributed by atoms with Crippen LogP contribution in [0.15, 0.2) is 18.2 Å². The van der Waals surface area contributed by atoms with E-state index in [9.17, 15) is 0 Å². The summed E-state index contributed by atoms with van der Waals surface area (Å²) in [5.41, 5.74) is 7.40. The molecule has 0 bridgehead atoms. The van der Waals surface area contributed by atoms with Crippen molar-refractivity contribution in [1.82, 2.24) is 0 Å². The minimum Gasteiger partial charge on any atom is -0.497 e. The molecule has 0 radical (unpaired) electrons. The molecule has 1 aromatic rings. The fourth-order valence-electron chi connectivity index (χ4n) is 3.45. The molecular weight excluding hydrogens is 226 g/mol. The molecule has 2 unspecified atom stereocenters. The van der Waals surface area contributed by atoms with Gasteiger partial charge in [0.15, 0.2) is 0 Å². The predicted octanol–water partition coefficient (Wildman–Crippen LogP) is 3.04. The first-order chi connectivity index (χ1) is 8.64. The molecule has 1 spiro atoms. The summed E-state index contributed by atoms with van der Waals surface area (Å²) in [6, 6.07) is 6.05. The Kier molecular flexibility index (Phi) is 2.74. The zero-order chi connectivity index (χ0) is 12.8. The van der Waals surface area contributed by atoms with Crippen LogP contribution in [0.4, 0.5) is 0 Å². The second-order valence-electron chi connectivity index (χ2n) is 5.67. The first-order valence-electron chi connectivity index (χ1n) is 6.77. The van der Waals surface area contributed by atoms with Gasteiger partial charge in [0.05, 0.1) is 7.11 Å². The van der Waals surface area contributed by atoms with Gasteiger partial charge in [0.25, 0.3) is 0 Å². The molecule has 1 aliphatic heterocycles. The maximum Gasteiger partial charge on any atom is 0.128 e. The summed E-state index contributed by atoms with van der Waals surface area (Å²) < 4.78 is 11.6. The molecule has 0 amide bonds. The first-order valence-corrected chi connectivity index (χ1v) is 6.77. The Labute approximate surface area is 108 Å². The molecule has 1 fully saturated rings. The van der Waals surface area contributed by atoms with Crippen LogP contribution in [-0.4, -0.2) is 12.7 Å². The summed E-state index contributed by atoms with van der Waals surface area (Å²) in [4.78, 5) is 0. The van der Waals surface area contributed by atoms with Crippen LogP contribution in [0.5, 0.6) is 11.5 Å². The maximum atomic E-state index is 6.35. The molecule has 3 rings (SSSR count). The zero-order valence-electron chi connectivity index (χ0n) is 11.1. The highest BCUT2D eigenvalue weighted by Crippen LogP contribution is 2.49. The van der Waals surface area contributed by atoms with Gasteiger partial charge in [-0.2, -0.15) is 0 Å². The van der Waals surface area contributed by atoms with Crippen molar-refractivity contribution in [2.75, 3.05) is 7.11 Å². The van der Waals surface area contributed by atoms with Crippen molar-refractivity contribution in [3.8, 4) is 11.5 Å². The molecule has 3 atom stereocenters. The highest BCUT2D eigenvalue weighted by atomic mass is 16.5. The summed E-state index contributed by atoms with van der Waals surface area (Å²) in [5, 5.41) is 0. The van der Waals surface area contributed by atoms with E-state index in [2.05, 4.69) is 6.92 Å². The summed E-state index contributed by atoms with van der Waals surface area (Å²) in [6.45, 7) is 2.28. The second-order valence-corrected chi connectivity index (χ2v) is 5.67. The van der Waals surface area contributed by atoms with Gasteiger partial charge in [-0.15, -0.1) is 0 Å². The maximum absolute atomic E-state index is 6.35. The summed E-state index contributed by atoms with van der Waals surface area (Å²) in [7, 11) is 1.68. The molecule has 0 aromatic heterocycles. The molecule has 3 heteroatoms. The lowest BCUT2D eigenvalue weighted by molar-refractivity contribution is 0.00648. The lowest BCUT2D eigenvalue weighted by Crippen LogP contribution is -2.44. The molecule has 1 saturated carbocycles. The van der Waals surface area contributed by atoms with Crippen LogP contribution in [0.25, 0.3) is 0 Å². The fraction of sp³-hybridized carbons (Fsp3) is 0.600. The first kappa shape index (κ1) is 11.8. The normalized spacial score (nSPS) is 34.2. The number of hydrogen-bond acceptors (Lipinski definition) is 3. The van der Waals surface area contributed by atoms with Gasteiger partial charge in [-0.1, -0.05) is 13.0 Å². The lowest BCUT2D eigenvalue weighted by Gasteiger charge is -2.41. The Hall–Kier alpha value is -1.22. The minimum absolute atomic E-state index is 0.0429. The average Bonchev–Trinajstić information content (AvgIpc) is 2.69. The lowest BCUT2D eigenvalue weighted by atomic mass is 9.81. The molecular formula is C15H21NO2. The van der Waals surface area contributed by atoms with Gasteiger partial charge >= 0.3 is 0 Å². The van der Waals surface area contributed by atoms with Crippen molar-refractivity contribution in [1.29, 1.82) is 0 Å².